The van der Waals surface area contributed by atoms with Crippen LogP contribution in [0.25, 0.3) is 0 Å². The van der Waals surface area contributed by atoms with Gasteiger partial charge in [0.1, 0.15) is 5.69 Å². The van der Waals surface area contributed by atoms with Gasteiger partial charge in [0.2, 0.25) is 0 Å². The third kappa shape index (κ3) is 1.39. The average molecular weight is 153 g/mol. The van der Waals surface area contributed by atoms with Crippen LogP contribution in [-0.2, 0) is 0 Å². The van der Waals surface area contributed by atoms with Gasteiger partial charge in [-0.2, -0.15) is 5.10 Å². The predicted molar refractivity (Wildman–Crippen MR) is 41.1 cm³/mol. The third-order valence-corrected chi connectivity index (χ3v) is 1.41. The van der Waals surface area contributed by atoms with E-state index in [1.165, 1.54) is 0 Å². The van der Waals surface area contributed by atoms with E-state index in [0.29, 0.717) is 5.69 Å². The van der Waals surface area contributed by atoms with Gasteiger partial charge in [-0.1, -0.05) is 0 Å². The van der Waals surface area contributed by atoms with E-state index in [1.54, 1.807) is 16.9 Å². The largest absolute Gasteiger partial charge is 0.364 e. The topological polar surface area (TPSA) is 60.9 Å². The molecule has 0 bridgehead atoms. The van der Waals surface area contributed by atoms with Crippen LogP contribution in [0.1, 0.15) is 30.4 Å². The first-order chi connectivity index (χ1) is 5.13. The predicted octanol–water partition coefficient (Wildman–Crippen LogP) is 0.563. The normalized spacial score (nSPS) is 10.5. The van der Waals surface area contributed by atoms with Crippen molar-refractivity contribution < 1.29 is 4.79 Å². The number of nitrogens with zero attached hydrogens (tertiary/aromatic N) is 2. The van der Waals surface area contributed by atoms with Crippen molar-refractivity contribution >= 4 is 5.91 Å². The number of carbonyl (C=O) groups excluding carboxylic acids is 1. The molecule has 0 unspecified atom stereocenters. The summed E-state index contributed by atoms with van der Waals surface area (Å²) in [5.74, 6) is -0.434. The molecule has 0 saturated carbocycles. The van der Waals surface area contributed by atoms with Crippen molar-refractivity contribution in [3.05, 3.63) is 18.0 Å². The molecule has 0 radical (unpaired) electrons. The van der Waals surface area contributed by atoms with Crippen molar-refractivity contribution in [2.24, 2.45) is 5.73 Å². The summed E-state index contributed by atoms with van der Waals surface area (Å²) in [5, 5.41) is 3.95. The van der Waals surface area contributed by atoms with Crippen molar-refractivity contribution in [1.29, 1.82) is 0 Å². The molecule has 60 valence electrons. The molecule has 1 rings (SSSR count). The van der Waals surface area contributed by atoms with Gasteiger partial charge in [-0.3, -0.25) is 9.48 Å². The molecule has 11 heavy (non-hydrogen) atoms. The molecule has 4 nitrogen and oxygen atoms in total. The number of aromatic nitrogens is 2. The number of primary amides is 1. The molecule has 0 aliphatic heterocycles. The highest BCUT2D eigenvalue weighted by Crippen LogP contribution is 2.06. The fourth-order valence-electron chi connectivity index (χ4n) is 0.921. The number of hydrogen-bond acceptors (Lipinski definition) is 2. The van der Waals surface area contributed by atoms with Crippen LogP contribution in [-0.4, -0.2) is 15.7 Å². The minimum atomic E-state index is -0.434. The van der Waals surface area contributed by atoms with Crippen LogP contribution in [0.15, 0.2) is 12.3 Å². The smallest absolute Gasteiger partial charge is 0.266 e. The van der Waals surface area contributed by atoms with Gasteiger partial charge in [-0.15, -0.1) is 0 Å². The third-order valence-electron chi connectivity index (χ3n) is 1.41. The van der Waals surface area contributed by atoms with Gasteiger partial charge in [0.25, 0.3) is 5.91 Å². The molecule has 0 aliphatic carbocycles. The molecule has 0 spiro atoms. The Morgan fingerprint density at radius 2 is 2.36 bits per heavy atom. The molecule has 0 saturated heterocycles. The second-order valence-corrected chi connectivity index (χ2v) is 2.62. The molecule has 0 fully saturated rings. The Balaban J connectivity index is 3.06. The van der Waals surface area contributed by atoms with E-state index >= 15 is 0 Å². The highest BCUT2D eigenvalue weighted by atomic mass is 16.1. The number of hydrogen-bond donors (Lipinski definition) is 1. The lowest BCUT2D eigenvalue weighted by atomic mass is 10.3. The van der Waals surface area contributed by atoms with Gasteiger partial charge in [-0.25, -0.2) is 0 Å². The molecule has 0 aromatic carbocycles. The first-order valence-corrected chi connectivity index (χ1v) is 3.46. The van der Waals surface area contributed by atoms with E-state index in [1.807, 2.05) is 13.8 Å². The molecule has 2 N–H and O–H groups in total. The summed E-state index contributed by atoms with van der Waals surface area (Å²) in [6.07, 6.45) is 1.57. The van der Waals surface area contributed by atoms with Gasteiger partial charge in [0.15, 0.2) is 0 Å². The second-order valence-electron chi connectivity index (χ2n) is 2.62. The number of carbonyl (C=O) groups is 1. The summed E-state index contributed by atoms with van der Waals surface area (Å²) in [4.78, 5) is 10.7. The van der Waals surface area contributed by atoms with Crippen LogP contribution < -0.4 is 5.73 Å². The Bertz CT molecular complexity index is 264. The highest BCUT2D eigenvalue weighted by molar-refractivity contribution is 5.90. The lowest BCUT2D eigenvalue weighted by Crippen LogP contribution is -2.18. The molecule has 1 amide bonds. The summed E-state index contributed by atoms with van der Waals surface area (Å²) in [6.45, 7) is 3.89. The zero-order valence-electron chi connectivity index (χ0n) is 6.61. The first kappa shape index (κ1) is 7.78. The molecule has 4 heteroatoms. The maximum Gasteiger partial charge on any atom is 0.266 e. The van der Waals surface area contributed by atoms with Gasteiger partial charge in [0, 0.05) is 12.2 Å². The van der Waals surface area contributed by atoms with E-state index in [4.69, 9.17) is 5.73 Å². The number of rotatable bonds is 2. The summed E-state index contributed by atoms with van der Waals surface area (Å²) >= 11 is 0. The monoisotopic (exact) mass is 153 g/mol. The van der Waals surface area contributed by atoms with E-state index in [0.717, 1.165) is 0 Å². The fraction of sp³-hybridized carbons (Fsp3) is 0.429. The van der Waals surface area contributed by atoms with Crippen molar-refractivity contribution in [1.82, 2.24) is 9.78 Å². The van der Waals surface area contributed by atoms with Gasteiger partial charge in [-0.05, 0) is 19.9 Å². The Kier molecular flexibility index (Phi) is 1.94. The van der Waals surface area contributed by atoms with E-state index < -0.39 is 5.91 Å². The van der Waals surface area contributed by atoms with Crippen LogP contribution in [0.5, 0.6) is 0 Å². The molecule has 0 aliphatic rings. The summed E-state index contributed by atoms with van der Waals surface area (Å²) in [7, 11) is 0. The fourth-order valence-corrected chi connectivity index (χ4v) is 0.921. The SMILES string of the molecule is CC(C)n1nccc1C(N)=O. The van der Waals surface area contributed by atoms with Crippen molar-refractivity contribution in [2.75, 3.05) is 0 Å². The minimum Gasteiger partial charge on any atom is -0.364 e. The quantitative estimate of drug-likeness (QED) is 0.674. The van der Waals surface area contributed by atoms with Gasteiger partial charge in [0.05, 0.1) is 0 Å². The number of amides is 1. The second kappa shape index (κ2) is 2.74. The van der Waals surface area contributed by atoms with Crippen molar-refractivity contribution in [2.45, 2.75) is 19.9 Å². The molecular formula is C7H11N3O. The Labute approximate surface area is 65.0 Å². The number of nitrogens with two attached hydrogens (primary N) is 1. The zero-order chi connectivity index (χ0) is 8.43. The molecule has 1 heterocycles. The van der Waals surface area contributed by atoms with E-state index in [-0.39, 0.29) is 6.04 Å². The molecular weight excluding hydrogens is 142 g/mol. The summed E-state index contributed by atoms with van der Waals surface area (Å²) in [5.41, 5.74) is 5.56. The Hall–Kier alpha value is -1.32. The van der Waals surface area contributed by atoms with Crippen LogP contribution in [0.4, 0.5) is 0 Å². The average Bonchev–Trinajstić information content (AvgIpc) is 2.32. The Morgan fingerprint density at radius 1 is 1.73 bits per heavy atom. The van der Waals surface area contributed by atoms with Crippen LogP contribution in [0.3, 0.4) is 0 Å². The van der Waals surface area contributed by atoms with Gasteiger partial charge < -0.3 is 5.73 Å². The van der Waals surface area contributed by atoms with Crippen LogP contribution in [0, 0.1) is 0 Å². The van der Waals surface area contributed by atoms with Crippen molar-refractivity contribution in [3.63, 3.8) is 0 Å². The highest BCUT2D eigenvalue weighted by Gasteiger charge is 2.09. The standard InChI is InChI=1S/C7H11N3O/c1-5(2)10-6(7(8)11)3-4-9-10/h3-5H,1-2H3,(H2,8,11). The van der Waals surface area contributed by atoms with Gasteiger partial charge >= 0.3 is 0 Å². The van der Waals surface area contributed by atoms with E-state index in [2.05, 4.69) is 5.10 Å². The lowest BCUT2D eigenvalue weighted by molar-refractivity contribution is 0.0988. The minimum absolute atomic E-state index is 0.174. The molecule has 1 aromatic heterocycles. The zero-order valence-corrected chi connectivity index (χ0v) is 6.61. The maximum atomic E-state index is 10.7. The summed E-state index contributed by atoms with van der Waals surface area (Å²) in [6, 6.07) is 1.79. The molecule has 0 atom stereocenters. The maximum absolute atomic E-state index is 10.7. The van der Waals surface area contributed by atoms with E-state index in [9.17, 15) is 4.79 Å². The lowest BCUT2D eigenvalue weighted by Gasteiger charge is -2.07. The Morgan fingerprint density at radius 3 is 2.73 bits per heavy atom. The summed E-state index contributed by atoms with van der Waals surface area (Å²) < 4.78 is 1.60. The van der Waals surface area contributed by atoms with Crippen LogP contribution in [0.2, 0.25) is 0 Å². The van der Waals surface area contributed by atoms with Crippen LogP contribution >= 0.6 is 0 Å². The van der Waals surface area contributed by atoms with Crippen molar-refractivity contribution in [3.8, 4) is 0 Å². The first-order valence-electron chi connectivity index (χ1n) is 3.46. The molecule has 1 aromatic rings.